The lowest BCUT2D eigenvalue weighted by Crippen LogP contribution is -2.44. The molecular formula is C33H40F3N7O6. The number of carboxylic acids is 2. The standard InChI is InChI=1S/C33H40F3N7O6/c34-33(35,36)32-40-26(42-17-13-21(14-18-42)3-1-5-28(44)39-24(31(48)49)10-11-29(45)46)19-27(41-32)43-16-2-4-25(43)30(47)38-15-12-22-6-8-23(20-37)9-7-22/h6-9,19,21,24-25H,1-5,10-18H2,(H,38,47)(H,39,44)(H,45,46)(H,48,49)/t24-,25-/m0/s1. The molecule has 1 aromatic carbocycles. The molecule has 4 N–H and O–H groups in total. The molecule has 2 atom stereocenters. The van der Waals surface area contributed by atoms with Crippen LogP contribution in [0.25, 0.3) is 0 Å². The first-order chi connectivity index (χ1) is 23.3. The van der Waals surface area contributed by atoms with Crippen LogP contribution in [0.3, 0.4) is 0 Å². The minimum atomic E-state index is -4.80. The summed E-state index contributed by atoms with van der Waals surface area (Å²) in [4.78, 5) is 58.5. The Labute approximate surface area is 281 Å². The highest BCUT2D eigenvalue weighted by atomic mass is 19.4. The van der Waals surface area contributed by atoms with E-state index in [1.807, 2.05) is 12.1 Å². The zero-order valence-electron chi connectivity index (χ0n) is 26.9. The third-order valence-electron chi connectivity index (χ3n) is 8.83. The van der Waals surface area contributed by atoms with E-state index < -0.39 is 41.9 Å². The lowest BCUT2D eigenvalue weighted by Gasteiger charge is -2.34. The number of nitrogens with zero attached hydrogens (tertiary/aromatic N) is 5. The largest absolute Gasteiger partial charge is 0.481 e. The second-order valence-electron chi connectivity index (χ2n) is 12.3. The van der Waals surface area contributed by atoms with Crippen molar-refractivity contribution in [1.29, 1.82) is 5.26 Å². The van der Waals surface area contributed by atoms with Gasteiger partial charge in [-0.3, -0.25) is 14.4 Å². The highest BCUT2D eigenvalue weighted by Crippen LogP contribution is 2.34. The fraction of sp³-hybridized carbons (Fsp3) is 0.545. The van der Waals surface area contributed by atoms with Gasteiger partial charge in [0, 0.05) is 45.1 Å². The van der Waals surface area contributed by atoms with E-state index in [4.69, 9.17) is 10.4 Å². The van der Waals surface area contributed by atoms with E-state index in [9.17, 15) is 37.5 Å². The molecule has 2 aliphatic rings. The number of hydrogen-bond donors (Lipinski definition) is 4. The molecule has 2 saturated heterocycles. The number of alkyl halides is 3. The van der Waals surface area contributed by atoms with E-state index in [0.717, 1.165) is 5.56 Å². The van der Waals surface area contributed by atoms with Gasteiger partial charge in [0.05, 0.1) is 11.6 Å². The van der Waals surface area contributed by atoms with E-state index in [-0.39, 0.29) is 42.7 Å². The Morgan fingerprint density at radius 2 is 1.69 bits per heavy atom. The Morgan fingerprint density at radius 1 is 1.00 bits per heavy atom. The van der Waals surface area contributed by atoms with Crippen molar-refractivity contribution in [3.8, 4) is 6.07 Å². The number of halogens is 3. The van der Waals surface area contributed by atoms with Gasteiger partial charge in [-0.05, 0) is 75.0 Å². The summed E-state index contributed by atoms with van der Waals surface area (Å²) in [5, 5.41) is 32.2. The molecule has 0 bridgehead atoms. The topological polar surface area (TPSA) is 189 Å². The Balaban J connectivity index is 1.32. The van der Waals surface area contributed by atoms with Crippen molar-refractivity contribution in [3.05, 3.63) is 47.3 Å². The minimum Gasteiger partial charge on any atom is -0.481 e. The van der Waals surface area contributed by atoms with Crippen LogP contribution in [0.15, 0.2) is 30.3 Å². The normalized spacial score (nSPS) is 17.3. The molecule has 2 aliphatic heterocycles. The fourth-order valence-electron chi connectivity index (χ4n) is 6.16. The quantitative estimate of drug-likeness (QED) is 0.215. The second kappa shape index (κ2) is 16.9. The van der Waals surface area contributed by atoms with E-state index >= 15 is 0 Å². The molecule has 4 rings (SSSR count). The molecule has 2 amide bonds. The van der Waals surface area contributed by atoms with Crippen LogP contribution in [-0.4, -0.2) is 82.2 Å². The lowest BCUT2D eigenvalue weighted by atomic mass is 9.91. The predicted molar refractivity (Wildman–Crippen MR) is 170 cm³/mol. The van der Waals surface area contributed by atoms with E-state index in [1.54, 1.807) is 21.9 Å². The summed E-state index contributed by atoms with van der Waals surface area (Å²) < 4.78 is 41.9. The van der Waals surface area contributed by atoms with Crippen molar-refractivity contribution in [2.75, 3.05) is 36.0 Å². The van der Waals surface area contributed by atoms with Crippen LogP contribution in [0.2, 0.25) is 0 Å². The number of hydrogen-bond acceptors (Lipinski definition) is 9. The van der Waals surface area contributed by atoms with Crippen molar-refractivity contribution < 1.29 is 42.6 Å². The minimum absolute atomic E-state index is 0.0400. The van der Waals surface area contributed by atoms with Gasteiger partial charge in [0.15, 0.2) is 0 Å². The fourth-order valence-corrected chi connectivity index (χ4v) is 6.16. The second-order valence-corrected chi connectivity index (χ2v) is 12.3. The van der Waals surface area contributed by atoms with Gasteiger partial charge in [-0.15, -0.1) is 0 Å². The molecule has 13 nitrogen and oxygen atoms in total. The van der Waals surface area contributed by atoms with Crippen molar-refractivity contribution in [1.82, 2.24) is 20.6 Å². The van der Waals surface area contributed by atoms with Crippen LogP contribution in [0.5, 0.6) is 0 Å². The molecule has 49 heavy (non-hydrogen) atoms. The first-order valence-corrected chi connectivity index (χ1v) is 16.3. The highest BCUT2D eigenvalue weighted by Gasteiger charge is 2.39. The number of aromatic nitrogens is 2. The summed E-state index contributed by atoms with van der Waals surface area (Å²) in [5.41, 5.74) is 1.47. The van der Waals surface area contributed by atoms with Crippen molar-refractivity contribution in [3.63, 3.8) is 0 Å². The number of benzene rings is 1. The summed E-state index contributed by atoms with van der Waals surface area (Å²) in [7, 11) is 0. The van der Waals surface area contributed by atoms with Gasteiger partial charge in [-0.25, -0.2) is 14.8 Å². The van der Waals surface area contributed by atoms with Crippen LogP contribution in [0.4, 0.5) is 24.8 Å². The Morgan fingerprint density at radius 3 is 2.33 bits per heavy atom. The summed E-state index contributed by atoms with van der Waals surface area (Å²) in [6.07, 6.45) is -1.30. The summed E-state index contributed by atoms with van der Waals surface area (Å²) in [6.45, 7) is 1.55. The number of carboxylic acid groups (broad SMARTS) is 2. The number of rotatable bonds is 15. The Kier molecular flexibility index (Phi) is 12.8. The van der Waals surface area contributed by atoms with E-state index in [2.05, 4.69) is 26.7 Å². The van der Waals surface area contributed by atoms with Crippen molar-refractivity contribution >= 4 is 35.4 Å². The van der Waals surface area contributed by atoms with Gasteiger partial charge < -0.3 is 30.6 Å². The molecule has 2 aromatic rings. The maximum Gasteiger partial charge on any atom is 0.451 e. The summed E-state index contributed by atoms with van der Waals surface area (Å²) in [6, 6.07) is 8.60. The van der Waals surface area contributed by atoms with Crippen LogP contribution in [0, 0.1) is 17.2 Å². The summed E-state index contributed by atoms with van der Waals surface area (Å²) in [5.74, 6) is -4.15. The molecule has 0 unspecified atom stereocenters. The predicted octanol–water partition coefficient (Wildman–Crippen LogP) is 3.52. The lowest BCUT2D eigenvalue weighted by molar-refractivity contribution is -0.145. The molecule has 2 fully saturated rings. The molecule has 3 heterocycles. The highest BCUT2D eigenvalue weighted by molar-refractivity contribution is 5.86. The van der Waals surface area contributed by atoms with Crippen LogP contribution in [-0.2, 0) is 31.8 Å². The molecule has 0 spiro atoms. The SMILES string of the molecule is N#Cc1ccc(CCNC(=O)[C@@H]2CCCN2c2cc(N3CCC(CCCC(=O)N[C@@H](CCC(=O)O)C(=O)O)CC3)nc(C(F)(F)F)n2)cc1. The molecule has 0 radical (unpaired) electrons. The first kappa shape index (κ1) is 36.9. The van der Waals surface area contributed by atoms with Gasteiger partial charge in [0.2, 0.25) is 17.6 Å². The van der Waals surface area contributed by atoms with Crippen molar-refractivity contribution in [2.24, 2.45) is 5.92 Å². The average Bonchev–Trinajstić information content (AvgIpc) is 3.57. The van der Waals surface area contributed by atoms with E-state index in [0.29, 0.717) is 76.7 Å². The van der Waals surface area contributed by atoms with Gasteiger partial charge in [-0.1, -0.05) is 12.1 Å². The van der Waals surface area contributed by atoms with Crippen LogP contribution in [0.1, 0.15) is 74.7 Å². The molecular weight excluding hydrogens is 647 g/mol. The number of nitrogens with one attached hydrogen (secondary N) is 2. The molecule has 0 aliphatic carbocycles. The van der Waals surface area contributed by atoms with Crippen LogP contribution >= 0.6 is 0 Å². The van der Waals surface area contributed by atoms with Gasteiger partial charge in [0.1, 0.15) is 23.7 Å². The first-order valence-electron chi connectivity index (χ1n) is 16.3. The smallest absolute Gasteiger partial charge is 0.451 e. The number of carbonyl (C=O) groups excluding carboxylic acids is 2. The maximum atomic E-state index is 14.0. The number of anilines is 2. The zero-order chi connectivity index (χ0) is 35.6. The molecule has 0 saturated carbocycles. The third kappa shape index (κ3) is 10.8. The average molecular weight is 688 g/mol. The number of amides is 2. The van der Waals surface area contributed by atoms with Gasteiger partial charge in [-0.2, -0.15) is 18.4 Å². The molecule has 16 heteroatoms. The Bertz CT molecular complexity index is 1520. The van der Waals surface area contributed by atoms with Crippen LogP contribution < -0.4 is 20.4 Å². The summed E-state index contributed by atoms with van der Waals surface area (Å²) >= 11 is 0. The third-order valence-corrected chi connectivity index (χ3v) is 8.83. The molecule has 264 valence electrons. The maximum absolute atomic E-state index is 14.0. The number of nitriles is 1. The number of piperidine rings is 1. The van der Waals surface area contributed by atoms with Crippen molar-refractivity contribution in [2.45, 2.75) is 82.5 Å². The Hall–Kier alpha value is -4.94. The van der Waals surface area contributed by atoms with Gasteiger partial charge >= 0.3 is 18.1 Å². The van der Waals surface area contributed by atoms with E-state index in [1.165, 1.54) is 6.07 Å². The molecule has 1 aromatic heterocycles. The number of carbonyl (C=O) groups is 4. The number of aliphatic carboxylic acids is 2. The van der Waals surface area contributed by atoms with Gasteiger partial charge in [0.25, 0.3) is 0 Å². The zero-order valence-corrected chi connectivity index (χ0v) is 26.9. The monoisotopic (exact) mass is 687 g/mol.